The molecule has 1 amide bonds. The van der Waals surface area contributed by atoms with E-state index in [1.165, 1.54) is 0 Å². The molecule has 1 atom stereocenters. The first-order chi connectivity index (χ1) is 17.0. The molecule has 0 saturated heterocycles. The Bertz CT molecular complexity index is 1060. The van der Waals surface area contributed by atoms with E-state index in [2.05, 4.69) is 25.2 Å². The Balaban J connectivity index is 2.23. The first kappa shape index (κ1) is 27.4. The van der Waals surface area contributed by atoms with Crippen LogP contribution in [0.1, 0.15) is 82.4 Å². The Hall–Kier alpha value is -2.20. The van der Waals surface area contributed by atoms with Gasteiger partial charge in [0.15, 0.2) is 0 Å². The van der Waals surface area contributed by atoms with E-state index in [9.17, 15) is 9.36 Å². The van der Waals surface area contributed by atoms with Crippen LogP contribution in [-0.2, 0) is 24.8 Å². The van der Waals surface area contributed by atoms with E-state index in [1.54, 1.807) is 0 Å². The van der Waals surface area contributed by atoms with Gasteiger partial charge in [-0.05, 0) is 60.9 Å². The predicted octanol–water partition coefficient (Wildman–Crippen LogP) is 6.90. The summed E-state index contributed by atoms with van der Waals surface area (Å²) in [6, 6.07) is 11.9. The molecule has 0 bridgehead atoms. The summed E-state index contributed by atoms with van der Waals surface area (Å²) in [6.45, 7) is 9.56. The molecule has 2 aromatic rings. The zero-order chi connectivity index (χ0) is 25.3. The van der Waals surface area contributed by atoms with Crippen molar-refractivity contribution in [2.24, 2.45) is 0 Å². The minimum atomic E-state index is -3.60. The van der Waals surface area contributed by atoms with E-state index in [-0.39, 0.29) is 5.91 Å². The van der Waals surface area contributed by atoms with Gasteiger partial charge in [-0.15, -0.1) is 0 Å². The van der Waals surface area contributed by atoms with Gasteiger partial charge in [0.2, 0.25) is 5.91 Å². The van der Waals surface area contributed by atoms with E-state index < -0.39 is 13.5 Å². The van der Waals surface area contributed by atoms with Crippen molar-refractivity contribution < 1.29 is 18.4 Å². The van der Waals surface area contributed by atoms with Crippen LogP contribution in [-0.4, -0.2) is 25.7 Å². The third-order valence-electron chi connectivity index (χ3n) is 6.34. The Morgan fingerprint density at radius 1 is 1.00 bits per heavy atom. The van der Waals surface area contributed by atoms with Gasteiger partial charge in [0.25, 0.3) is 0 Å². The van der Waals surface area contributed by atoms with E-state index in [0.29, 0.717) is 31.5 Å². The molecule has 0 aromatic heterocycles. The number of unbranched alkanes of at least 4 members (excludes halogenated alkanes) is 2. The van der Waals surface area contributed by atoms with Crippen molar-refractivity contribution >= 4 is 18.8 Å². The summed E-state index contributed by atoms with van der Waals surface area (Å²) in [5.74, 6) is -0.474. The normalized spacial score (nSPS) is 14.8. The Morgan fingerprint density at radius 2 is 1.69 bits per heavy atom. The second-order valence-corrected chi connectivity index (χ2v) is 11.0. The smallest absolute Gasteiger partial charge is 0.355 e. The zero-order valence-corrected chi connectivity index (χ0v) is 22.5. The largest absolute Gasteiger partial charge is 0.361 e. The average Bonchev–Trinajstić information content (AvgIpc) is 3.22. The molecule has 0 aliphatic heterocycles. The Labute approximate surface area is 210 Å². The average molecular weight is 498 g/mol. The molecule has 1 aliphatic rings. The van der Waals surface area contributed by atoms with Crippen LogP contribution >= 0.6 is 7.60 Å². The minimum Gasteiger partial charge on any atom is -0.355 e. The third kappa shape index (κ3) is 6.14. The molecule has 6 heteroatoms. The first-order valence-corrected chi connectivity index (χ1v) is 14.6. The molecule has 2 aromatic carbocycles. The van der Waals surface area contributed by atoms with Gasteiger partial charge in [-0.3, -0.25) is 9.36 Å². The molecule has 35 heavy (non-hydrogen) atoms. The van der Waals surface area contributed by atoms with Crippen LogP contribution in [0.4, 0.5) is 0 Å². The highest BCUT2D eigenvalue weighted by atomic mass is 31.2. The van der Waals surface area contributed by atoms with Crippen LogP contribution < -0.4 is 10.6 Å². The lowest BCUT2D eigenvalue weighted by Crippen LogP contribution is -2.30. The van der Waals surface area contributed by atoms with Crippen molar-refractivity contribution in [1.29, 1.82) is 0 Å². The minimum absolute atomic E-state index is 0.0226. The van der Waals surface area contributed by atoms with Gasteiger partial charge in [0, 0.05) is 12.1 Å². The van der Waals surface area contributed by atoms with Gasteiger partial charge in [-0.1, -0.05) is 76.1 Å². The maximum absolute atomic E-state index is 14.3. The van der Waals surface area contributed by atoms with Gasteiger partial charge < -0.3 is 14.4 Å². The molecule has 1 N–H and O–H groups in total. The topological polar surface area (TPSA) is 64.6 Å². The number of benzene rings is 2. The fourth-order valence-corrected chi connectivity index (χ4v) is 6.37. The molecule has 0 saturated carbocycles. The van der Waals surface area contributed by atoms with Crippen LogP contribution in [0.3, 0.4) is 0 Å². The van der Waals surface area contributed by atoms with Crippen LogP contribution in [0.25, 0.3) is 11.1 Å². The van der Waals surface area contributed by atoms with Gasteiger partial charge in [-0.25, -0.2) is 0 Å². The summed E-state index contributed by atoms with van der Waals surface area (Å²) in [5.41, 5.74) is 4.71. The van der Waals surface area contributed by atoms with Gasteiger partial charge >= 0.3 is 7.60 Å². The number of carbonyl (C=O) groups excluding carboxylic acids is 1. The second kappa shape index (κ2) is 13.2. The van der Waals surface area contributed by atoms with Crippen molar-refractivity contribution in [2.75, 3.05) is 19.8 Å². The van der Waals surface area contributed by atoms with Crippen molar-refractivity contribution in [1.82, 2.24) is 5.32 Å². The van der Waals surface area contributed by atoms with Crippen molar-refractivity contribution in [2.45, 2.75) is 72.1 Å². The summed E-state index contributed by atoms with van der Waals surface area (Å²) in [5, 5.41) is 3.66. The zero-order valence-electron chi connectivity index (χ0n) is 21.6. The van der Waals surface area contributed by atoms with E-state index >= 15 is 0 Å². The molecule has 1 aliphatic carbocycles. The summed E-state index contributed by atoms with van der Waals surface area (Å²) in [4.78, 5) is 13.5. The van der Waals surface area contributed by atoms with Crippen LogP contribution in [0.5, 0.6) is 0 Å². The molecule has 0 spiro atoms. The number of amides is 1. The fraction of sp³-hybridized carbons (Fsp3) is 0.483. The Kier molecular flexibility index (Phi) is 10.3. The molecular formula is C29H40NO4P. The summed E-state index contributed by atoms with van der Waals surface area (Å²) >= 11 is 0. The monoisotopic (exact) mass is 497 g/mol. The number of carbonyl (C=O) groups is 1. The summed E-state index contributed by atoms with van der Waals surface area (Å²) in [7, 11) is -3.60. The molecule has 1 unspecified atom stereocenters. The number of fused-ring (bicyclic) bond motifs is 3. The molecule has 3 rings (SSSR count). The molecular weight excluding hydrogens is 457 g/mol. The fourth-order valence-electron chi connectivity index (χ4n) is 4.50. The molecule has 5 nitrogen and oxygen atoms in total. The first-order valence-electron chi connectivity index (χ1n) is 13.1. The Morgan fingerprint density at radius 3 is 2.31 bits per heavy atom. The van der Waals surface area contributed by atoms with Gasteiger partial charge in [0.05, 0.1) is 24.4 Å². The van der Waals surface area contributed by atoms with Crippen molar-refractivity contribution in [3.63, 3.8) is 0 Å². The highest BCUT2D eigenvalue weighted by molar-refractivity contribution is 7.62. The highest BCUT2D eigenvalue weighted by Crippen LogP contribution is 2.55. The lowest BCUT2D eigenvalue weighted by atomic mass is 9.90. The van der Waals surface area contributed by atoms with E-state index in [1.807, 2.05) is 56.3 Å². The van der Waals surface area contributed by atoms with Crippen molar-refractivity contribution in [3.05, 3.63) is 65.2 Å². The van der Waals surface area contributed by atoms with E-state index in [0.717, 1.165) is 59.9 Å². The molecule has 0 radical (unpaired) electrons. The lowest BCUT2D eigenvalue weighted by molar-refractivity contribution is -0.121. The molecule has 0 fully saturated rings. The number of allylic oxidation sites excluding steroid dienone is 2. The van der Waals surface area contributed by atoms with Gasteiger partial charge in [-0.2, -0.15) is 0 Å². The molecule has 0 heterocycles. The van der Waals surface area contributed by atoms with Crippen molar-refractivity contribution in [3.8, 4) is 11.1 Å². The van der Waals surface area contributed by atoms with Gasteiger partial charge in [0.1, 0.15) is 0 Å². The van der Waals surface area contributed by atoms with E-state index in [4.69, 9.17) is 9.05 Å². The number of nitrogens with one attached hydrogen (secondary N) is 1. The second-order valence-electron chi connectivity index (χ2n) is 8.99. The third-order valence-corrected chi connectivity index (χ3v) is 8.35. The standard InChI is InChI=1S/C29H40NO4P/c1-5-9-14-22-17-18-25(35(32,33-20-10-6-2)34-21-11-7-3)27-23-15-12-13-16-24(23)28(26(22)27)29(31)30-19-8-4/h5,9,12-13,15-18,28H,6-8,10-11,14,19-21H2,1-4H3,(H,30,31). The SMILES string of the molecule is CC=CCc1ccc(P(=O)(OCCCC)OCCCC)c2c1C(C(=O)NCCC)c1ccccc1-2. The van der Waals surface area contributed by atoms with Crippen LogP contribution in [0.2, 0.25) is 0 Å². The quantitative estimate of drug-likeness (QED) is 0.175. The number of hydrogen-bond donors (Lipinski definition) is 1. The van der Waals surface area contributed by atoms with Crippen LogP contribution in [0, 0.1) is 0 Å². The maximum atomic E-state index is 14.3. The summed E-state index contributed by atoms with van der Waals surface area (Å²) in [6.07, 6.45) is 9.17. The number of hydrogen-bond acceptors (Lipinski definition) is 4. The maximum Gasteiger partial charge on any atom is 0.361 e. The highest BCUT2D eigenvalue weighted by Gasteiger charge is 2.41. The number of rotatable bonds is 14. The predicted molar refractivity (Wildman–Crippen MR) is 145 cm³/mol. The summed E-state index contributed by atoms with van der Waals surface area (Å²) < 4.78 is 26.4. The lowest BCUT2D eigenvalue weighted by Gasteiger charge is -2.23. The van der Waals surface area contributed by atoms with Crippen LogP contribution in [0.15, 0.2) is 48.6 Å². The molecule has 190 valence electrons.